The molecule has 1 unspecified atom stereocenters. The predicted octanol–water partition coefficient (Wildman–Crippen LogP) is 3.97. The van der Waals surface area contributed by atoms with Gasteiger partial charge in [-0.05, 0) is 68.4 Å². The number of hydrogen-bond acceptors (Lipinski definition) is 11. The SMILES string of the molecule is [C-]#[N+]c1ccc(N2CC3(CCN(c4cnc(CN5CCN(C6CN(c7ccc8c(c7)C(=O)N(C7CCC(=O)NC7=O)C8=O)C6)CC5)nc4)CC3)C[C@@H]2C)cc1Cl. The van der Waals surface area contributed by atoms with Crippen LogP contribution in [0, 0.1) is 12.0 Å². The fourth-order valence-electron chi connectivity index (χ4n) is 9.66. The summed E-state index contributed by atoms with van der Waals surface area (Å²) in [5.74, 6) is -1.11. The number of nitrogens with one attached hydrogen (secondary N) is 1. The number of benzene rings is 2. The van der Waals surface area contributed by atoms with Crippen molar-refractivity contribution in [1.29, 1.82) is 0 Å². The van der Waals surface area contributed by atoms with Gasteiger partial charge in [0.05, 0.1) is 42.3 Å². The quantitative estimate of drug-likeness (QED) is 0.277. The first-order valence-corrected chi connectivity index (χ1v) is 20.0. The number of hydrogen-bond donors (Lipinski definition) is 1. The smallest absolute Gasteiger partial charge is 0.262 e. The summed E-state index contributed by atoms with van der Waals surface area (Å²) in [7, 11) is 0. The fraction of sp³-hybridized carbons (Fsp3) is 0.488. The first-order valence-electron chi connectivity index (χ1n) is 19.6. The summed E-state index contributed by atoms with van der Waals surface area (Å²) in [6.07, 6.45) is 7.60. The van der Waals surface area contributed by atoms with Crippen LogP contribution in [0.5, 0.6) is 0 Å². The maximum Gasteiger partial charge on any atom is 0.262 e. The van der Waals surface area contributed by atoms with Crippen molar-refractivity contribution in [3.63, 3.8) is 0 Å². The van der Waals surface area contributed by atoms with Crippen LogP contribution in [0.2, 0.25) is 5.02 Å². The minimum atomic E-state index is -0.964. The van der Waals surface area contributed by atoms with E-state index in [1.165, 1.54) is 0 Å². The first-order chi connectivity index (χ1) is 27.1. The van der Waals surface area contributed by atoms with Crippen LogP contribution in [0.4, 0.5) is 22.7 Å². The highest BCUT2D eigenvalue weighted by molar-refractivity contribution is 6.33. The molecule has 290 valence electrons. The summed E-state index contributed by atoms with van der Waals surface area (Å²) in [5, 5.41) is 2.77. The number of rotatable bonds is 7. The van der Waals surface area contributed by atoms with Crippen molar-refractivity contribution in [2.45, 2.75) is 63.7 Å². The molecule has 0 bridgehead atoms. The van der Waals surface area contributed by atoms with Crippen LogP contribution in [-0.4, -0.2) is 125 Å². The van der Waals surface area contributed by atoms with E-state index >= 15 is 0 Å². The third-order valence-corrected chi connectivity index (χ3v) is 13.3. The molecule has 0 saturated carbocycles. The highest BCUT2D eigenvalue weighted by atomic mass is 35.5. The lowest BCUT2D eigenvalue weighted by molar-refractivity contribution is -0.136. The molecule has 56 heavy (non-hydrogen) atoms. The Morgan fingerprint density at radius 1 is 0.875 bits per heavy atom. The lowest BCUT2D eigenvalue weighted by Crippen LogP contribution is -2.63. The number of nitrogens with zero attached hydrogens (tertiary/aromatic N) is 9. The number of carbonyl (C=O) groups excluding carboxylic acids is 4. The Morgan fingerprint density at radius 2 is 1.59 bits per heavy atom. The molecular weight excluding hydrogens is 732 g/mol. The maximum atomic E-state index is 13.3. The van der Waals surface area contributed by atoms with Gasteiger partial charge in [-0.3, -0.25) is 39.2 Å². The van der Waals surface area contributed by atoms with E-state index in [-0.39, 0.29) is 24.2 Å². The molecule has 1 N–H and O–H groups in total. The average Bonchev–Trinajstić information content (AvgIpc) is 3.63. The zero-order valence-electron chi connectivity index (χ0n) is 31.5. The Bertz CT molecular complexity index is 2120. The highest BCUT2D eigenvalue weighted by Gasteiger charge is 2.46. The van der Waals surface area contributed by atoms with Gasteiger partial charge in [0.15, 0.2) is 0 Å². The summed E-state index contributed by atoms with van der Waals surface area (Å²) in [6.45, 7) is 18.8. The minimum Gasteiger partial charge on any atom is -0.369 e. The number of aromatic nitrogens is 2. The molecule has 1 aromatic heterocycles. The Balaban J connectivity index is 0.725. The third-order valence-electron chi connectivity index (χ3n) is 13.0. The Hall–Kier alpha value is -5.10. The van der Waals surface area contributed by atoms with Crippen LogP contribution in [0.15, 0.2) is 48.8 Å². The molecule has 2 aromatic carbocycles. The second-order valence-electron chi connectivity index (χ2n) is 16.3. The number of amides is 4. The maximum absolute atomic E-state index is 13.3. The number of anilines is 3. The Morgan fingerprint density at radius 3 is 2.29 bits per heavy atom. The minimum absolute atomic E-state index is 0.0982. The molecule has 14 nitrogen and oxygen atoms in total. The molecule has 5 saturated heterocycles. The first kappa shape index (κ1) is 36.5. The van der Waals surface area contributed by atoms with Crippen molar-refractivity contribution in [2.24, 2.45) is 5.41 Å². The lowest BCUT2D eigenvalue weighted by atomic mass is 9.76. The molecular formula is C41H45ClN10O4. The third kappa shape index (κ3) is 6.65. The van der Waals surface area contributed by atoms with Crippen LogP contribution in [-0.2, 0) is 16.1 Å². The van der Waals surface area contributed by atoms with Crippen molar-refractivity contribution in [3.05, 3.63) is 82.2 Å². The van der Waals surface area contributed by atoms with Gasteiger partial charge in [-0.1, -0.05) is 17.7 Å². The predicted molar refractivity (Wildman–Crippen MR) is 211 cm³/mol. The monoisotopic (exact) mass is 776 g/mol. The number of halogens is 1. The van der Waals surface area contributed by atoms with Crippen molar-refractivity contribution >= 4 is 58.0 Å². The zero-order chi connectivity index (χ0) is 38.7. The van der Waals surface area contributed by atoms with Gasteiger partial charge in [0.25, 0.3) is 11.8 Å². The summed E-state index contributed by atoms with van der Waals surface area (Å²) < 4.78 is 0. The van der Waals surface area contributed by atoms with Crippen molar-refractivity contribution in [1.82, 2.24) is 30.0 Å². The van der Waals surface area contributed by atoms with Crippen molar-refractivity contribution < 1.29 is 19.2 Å². The van der Waals surface area contributed by atoms with Gasteiger partial charge in [-0.25, -0.2) is 14.8 Å². The Labute approximate surface area is 331 Å². The largest absolute Gasteiger partial charge is 0.369 e. The molecule has 0 aliphatic carbocycles. The molecule has 4 amide bonds. The number of fused-ring (bicyclic) bond motifs is 1. The topological polar surface area (TPSA) is 130 Å². The molecule has 0 radical (unpaired) electrons. The molecule has 9 rings (SSSR count). The standard InChI is InChI=1S/C41H45ClN10O4/c1-26-19-41(25-51(26)28-4-6-34(43-2)33(42)18-28)9-11-48(12-10-41)29-20-44-36(45-21-29)24-47-13-15-49(16-14-47)30-22-50(23-30)27-3-5-31-32(17-27)40(56)52(39(31)55)35-7-8-37(53)46-38(35)54/h3-6,17-18,20-21,26,30,35H,7-16,19,22-25H2,1H3,(H,46,53,54)/t26-,35?/m0/s1. The molecule has 2 atom stereocenters. The van der Waals surface area contributed by atoms with Gasteiger partial charge in [-0.15, -0.1) is 0 Å². The fourth-order valence-corrected chi connectivity index (χ4v) is 9.88. The zero-order valence-corrected chi connectivity index (χ0v) is 32.2. The van der Waals surface area contributed by atoms with E-state index in [0.717, 1.165) is 112 Å². The normalized spacial score (nSPS) is 24.4. The second-order valence-corrected chi connectivity index (χ2v) is 16.7. The van der Waals surface area contributed by atoms with Crippen LogP contribution in [0.25, 0.3) is 4.85 Å². The van der Waals surface area contributed by atoms with E-state index in [2.05, 4.69) is 41.6 Å². The highest BCUT2D eigenvalue weighted by Crippen LogP contribution is 2.46. The van der Waals surface area contributed by atoms with Gasteiger partial charge in [0.1, 0.15) is 11.9 Å². The molecule has 5 fully saturated rings. The molecule has 15 heteroatoms. The van der Waals surface area contributed by atoms with E-state index in [1.54, 1.807) is 12.1 Å². The summed E-state index contributed by atoms with van der Waals surface area (Å²) in [6, 6.07) is 11.0. The molecule has 1 spiro atoms. The average molecular weight is 777 g/mol. The van der Waals surface area contributed by atoms with E-state index < -0.39 is 23.8 Å². The molecule has 3 aromatic rings. The number of piperazine rings is 1. The van der Waals surface area contributed by atoms with E-state index in [4.69, 9.17) is 28.1 Å². The van der Waals surface area contributed by atoms with E-state index in [0.29, 0.717) is 33.9 Å². The molecule has 7 heterocycles. The van der Waals surface area contributed by atoms with Gasteiger partial charge in [0.2, 0.25) is 17.5 Å². The van der Waals surface area contributed by atoms with Gasteiger partial charge < -0.3 is 14.7 Å². The summed E-state index contributed by atoms with van der Waals surface area (Å²) in [5.41, 5.74) is 4.46. The van der Waals surface area contributed by atoms with Crippen LogP contribution in [0.1, 0.15) is 65.6 Å². The van der Waals surface area contributed by atoms with Crippen LogP contribution >= 0.6 is 11.6 Å². The number of piperidine rings is 2. The Kier molecular flexibility index (Phi) is 9.42. The van der Waals surface area contributed by atoms with E-state index in [9.17, 15) is 19.2 Å². The van der Waals surface area contributed by atoms with Crippen molar-refractivity contribution in [3.8, 4) is 0 Å². The van der Waals surface area contributed by atoms with Crippen LogP contribution in [0.3, 0.4) is 0 Å². The molecule has 6 aliphatic heterocycles. The lowest BCUT2D eigenvalue weighted by Gasteiger charge is -2.49. The van der Waals surface area contributed by atoms with E-state index in [1.807, 2.05) is 36.7 Å². The number of imide groups is 2. The summed E-state index contributed by atoms with van der Waals surface area (Å²) >= 11 is 6.38. The van der Waals surface area contributed by atoms with Gasteiger partial charge >= 0.3 is 0 Å². The van der Waals surface area contributed by atoms with Gasteiger partial charge in [-0.2, -0.15) is 0 Å². The van der Waals surface area contributed by atoms with Gasteiger partial charge in [0, 0.05) is 93.8 Å². The summed E-state index contributed by atoms with van der Waals surface area (Å²) in [4.78, 5) is 76.5. The molecule has 6 aliphatic rings. The van der Waals surface area contributed by atoms with Crippen molar-refractivity contribution in [2.75, 3.05) is 73.6 Å². The number of carbonyl (C=O) groups is 4. The second kappa shape index (κ2) is 14.4. The van der Waals surface area contributed by atoms with Crippen LogP contribution < -0.4 is 20.0 Å².